The highest BCUT2D eigenvalue weighted by atomic mass is 16.5. The summed E-state index contributed by atoms with van der Waals surface area (Å²) in [4.78, 5) is 14.4. The van der Waals surface area contributed by atoms with E-state index in [2.05, 4.69) is 0 Å². The fourth-order valence-corrected chi connectivity index (χ4v) is 3.33. The Balaban J connectivity index is 1.80. The van der Waals surface area contributed by atoms with Crippen LogP contribution in [-0.4, -0.2) is 42.7 Å². The number of hydrogen-bond acceptors (Lipinski definition) is 3. The largest absolute Gasteiger partial charge is 0.388 e. The number of aliphatic hydroxyl groups is 1. The van der Waals surface area contributed by atoms with Gasteiger partial charge in [0.25, 0.3) is 0 Å². The third-order valence-electron chi connectivity index (χ3n) is 4.85. The van der Waals surface area contributed by atoms with Gasteiger partial charge in [0.15, 0.2) is 0 Å². The number of rotatable bonds is 7. The molecule has 0 radical (unpaired) electrons. The van der Waals surface area contributed by atoms with Crippen molar-refractivity contribution in [1.82, 2.24) is 4.90 Å². The maximum Gasteiger partial charge on any atom is 0.225 e. The quantitative estimate of drug-likeness (QED) is 0.786. The summed E-state index contributed by atoms with van der Waals surface area (Å²) >= 11 is 0. The molecule has 2 unspecified atom stereocenters. The molecule has 0 spiro atoms. The second-order valence-corrected chi connectivity index (χ2v) is 6.55. The zero-order valence-electron chi connectivity index (χ0n) is 14.3. The minimum atomic E-state index is -0.424. The molecule has 1 aliphatic rings. The monoisotopic (exact) mass is 319 g/mol. The van der Waals surface area contributed by atoms with Crippen molar-refractivity contribution in [2.24, 2.45) is 11.8 Å². The molecule has 1 amide bonds. The van der Waals surface area contributed by atoms with E-state index in [1.54, 1.807) is 7.11 Å². The zero-order valence-corrected chi connectivity index (χ0v) is 14.3. The van der Waals surface area contributed by atoms with Crippen LogP contribution in [0.2, 0.25) is 0 Å². The van der Waals surface area contributed by atoms with E-state index in [0.29, 0.717) is 6.61 Å². The third kappa shape index (κ3) is 5.05. The van der Waals surface area contributed by atoms with E-state index >= 15 is 0 Å². The van der Waals surface area contributed by atoms with Crippen LogP contribution in [0.5, 0.6) is 0 Å². The Morgan fingerprint density at radius 3 is 2.57 bits per heavy atom. The van der Waals surface area contributed by atoms with Gasteiger partial charge in [-0.1, -0.05) is 37.3 Å². The van der Waals surface area contributed by atoms with E-state index < -0.39 is 6.10 Å². The number of aliphatic hydroxyl groups excluding tert-OH is 1. The molecule has 2 atom stereocenters. The summed E-state index contributed by atoms with van der Waals surface area (Å²) in [5.74, 6) is 0.541. The van der Waals surface area contributed by atoms with Crippen molar-refractivity contribution in [2.75, 3.05) is 26.8 Å². The maximum atomic E-state index is 12.5. The molecule has 0 aromatic heterocycles. The Labute approximate surface area is 139 Å². The summed E-state index contributed by atoms with van der Waals surface area (Å²) < 4.78 is 5.05. The normalized spacial score (nSPS) is 18.7. The first-order valence-electron chi connectivity index (χ1n) is 8.64. The SMILES string of the molecule is COCCCC(C)C(=O)N1CCC(C(O)c2ccccc2)CC1. The lowest BCUT2D eigenvalue weighted by molar-refractivity contribution is -0.137. The first-order chi connectivity index (χ1) is 11.1. The smallest absolute Gasteiger partial charge is 0.225 e. The molecule has 128 valence electrons. The molecule has 1 aromatic carbocycles. The van der Waals surface area contributed by atoms with Gasteiger partial charge in [0.1, 0.15) is 0 Å². The number of hydrogen-bond donors (Lipinski definition) is 1. The van der Waals surface area contributed by atoms with Crippen LogP contribution < -0.4 is 0 Å². The Hall–Kier alpha value is -1.39. The maximum absolute atomic E-state index is 12.5. The van der Waals surface area contributed by atoms with Crippen LogP contribution in [0.3, 0.4) is 0 Å². The van der Waals surface area contributed by atoms with E-state index in [0.717, 1.165) is 44.3 Å². The van der Waals surface area contributed by atoms with Crippen LogP contribution in [-0.2, 0) is 9.53 Å². The molecule has 4 heteroatoms. The van der Waals surface area contributed by atoms with Crippen molar-refractivity contribution >= 4 is 5.91 Å². The lowest BCUT2D eigenvalue weighted by Crippen LogP contribution is -2.42. The number of ether oxygens (including phenoxy) is 1. The first-order valence-corrected chi connectivity index (χ1v) is 8.64. The second kappa shape index (κ2) is 9.04. The summed E-state index contributed by atoms with van der Waals surface area (Å²) in [7, 11) is 1.69. The predicted molar refractivity (Wildman–Crippen MR) is 91.0 cm³/mol. The van der Waals surface area contributed by atoms with Gasteiger partial charge >= 0.3 is 0 Å². The first kappa shape index (κ1) is 18.0. The van der Waals surface area contributed by atoms with Crippen molar-refractivity contribution in [3.8, 4) is 0 Å². The molecular formula is C19H29NO3. The van der Waals surface area contributed by atoms with Gasteiger partial charge in [-0.2, -0.15) is 0 Å². The molecule has 4 nitrogen and oxygen atoms in total. The third-order valence-corrected chi connectivity index (χ3v) is 4.85. The van der Waals surface area contributed by atoms with Crippen LogP contribution in [0.4, 0.5) is 0 Å². The lowest BCUT2D eigenvalue weighted by Gasteiger charge is -2.35. The lowest BCUT2D eigenvalue weighted by atomic mass is 9.87. The van der Waals surface area contributed by atoms with Crippen LogP contribution in [0.25, 0.3) is 0 Å². The number of methoxy groups -OCH3 is 1. The second-order valence-electron chi connectivity index (χ2n) is 6.55. The van der Waals surface area contributed by atoms with Gasteiger partial charge in [0.05, 0.1) is 6.10 Å². The van der Waals surface area contributed by atoms with Gasteiger partial charge < -0.3 is 14.7 Å². The van der Waals surface area contributed by atoms with Crippen molar-refractivity contribution in [2.45, 2.75) is 38.7 Å². The molecule has 1 heterocycles. The highest BCUT2D eigenvalue weighted by molar-refractivity contribution is 5.78. The van der Waals surface area contributed by atoms with E-state index in [-0.39, 0.29) is 17.7 Å². The van der Waals surface area contributed by atoms with E-state index in [4.69, 9.17) is 4.74 Å². The van der Waals surface area contributed by atoms with Gasteiger partial charge in [-0.25, -0.2) is 0 Å². The highest BCUT2D eigenvalue weighted by Crippen LogP contribution is 2.31. The summed E-state index contributed by atoms with van der Waals surface area (Å²) in [6.45, 7) is 4.22. The van der Waals surface area contributed by atoms with Crippen LogP contribution >= 0.6 is 0 Å². The summed E-state index contributed by atoms with van der Waals surface area (Å²) in [6, 6.07) is 9.82. The molecule has 1 N–H and O–H groups in total. The zero-order chi connectivity index (χ0) is 16.7. The van der Waals surface area contributed by atoms with E-state index in [1.807, 2.05) is 42.2 Å². The number of carbonyl (C=O) groups excluding carboxylic acids is 1. The molecule has 0 bridgehead atoms. The molecule has 2 rings (SSSR count). The van der Waals surface area contributed by atoms with Gasteiger partial charge in [0.2, 0.25) is 5.91 Å². The number of benzene rings is 1. The average Bonchev–Trinajstić information content (AvgIpc) is 2.61. The van der Waals surface area contributed by atoms with Gasteiger partial charge in [-0.05, 0) is 37.2 Å². The van der Waals surface area contributed by atoms with Crippen LogP contribution in [0.1, 0.15) is 44.3 Å². The topological polar surface area (TPSA) is 49.8 Å². The average molecular weight is 319 g/mol. The van der Waals surface area contributed by atoms with Gasteiger partial charge in [0, 0.05) is 32.7 Å². The van der Waals surface area contributed by atoms with Crippen LogP contribution in [0, 0.1) is 11.8 Å². The molecule has 0 saturated carbocycles. The Bertz CT molecular complexity index is 469. The number of carbonyl (C=O) groups is 1. The Morgan fingerprint density at radius 2 is 1.96 bits per heavy atom. The summed E-state index contributed by atoms with van der Waals surface area (Å²) in [6.07, 6.45) is 3.11. The number of piperidine rings is 1. The molecule has 1 aliphatic heterocycles. The molecule has 1 saturated heterocycles. The number of amides is 1. The van der Waals surface area contributed by atoms with Crippen molar-refractivity contribution < 1.29 is 14.6 Å². The van der Waals surface area contributed by atoms with Crippen LogP contribution in [0.15, 0.2) is 30.3 Å². The Morgan fingerprint density at radius 1 is 1.30 bits per heavy atom. The summed E-state index contributed by atoms with van der Waals surface area (Å²) in [5, 5.41) is 10.5. The molecule has 1 fully saturated rings. The van der Waals surface area contributed by atoms with Crippen molar-refractivity contribution in [3.63, 3.8) is 0 Å². The van der Waals surface area contributed by atoms with Gasteiger partial charge in [-0.3, -0.25) is 4.79 Å². The molecule has 1 aromatic rings. The fraction of sp³-hybridized carbons (Fsp3) is 0.632. The van der Waals surface area contributed by atoms with E-state index in [1.165, 1.54) is 0 Å². The molecular weight excluding hydrogens is 290 g/mol. The minimum absolute atomic E-state index is 0.0562. The fourth-order valence-electron chi connectivity index (χ4n) is 3.33. The number of nitrogens with zero attached hydrogens (tertiary/aromatic N) is 1. The van der Waals surface area contributed by atoms with Crippen molar-refractivity contribution in [3.05, 3.63) is 35.9 Å². The standard InChI is InChI=1S/C19H29NO3/c1-15(7-6-14-23-2)19(22)20-12-10-17(11-13-20)18(21)16-8-4-3-5-9-16/h3-5,8-9,15,17-18,21H,6-7,10-14H2,1-2H3. The number of likely N-dealkylation sites (tertiary alicyclic amines) is 1. The van der Waals surface area contributed by atoms with E-state index in [9.17, 15) is 9.90 Å². The Kier molecular flexibility index (Phi) is 7.06. The summed E-state index contributed by atoms with van der Waals surface area (Å²) in [5.41, 5.74) is 0.977. The minimum Gasteiger partial charge on any atom is -0.388 e. The molecule has 0 aliphatic carbocycles. The molecule has 23 heavy (non-hydrogen) atoms. The van der Waals surface area contributed by atoms with Crippen molar-refractivity contribution in [1.29, 1.82) is 0 Å². The van der Waals surface area contributed by atoms with Gasteiger partial charge in [-0.15, -0.1) is 0 Å². The predicted octanol–water partition coefficient (Wildman–Crippen LogP) is 3.02. The highest BCUT2D eigenvalue weighted by Gasteiger charge is 2.29.